The number of nitrogens with one attached hydrogen (secondary N) is 1. The van der Waals surface area contributed by atoms with Gasteiger partial charge in [-0.1, -0.05) is 18.2 Å². The molecule has 90 valence electrons. The van der Waals surface area contributed by atoms with Crippen molar-refractivity contribution in [2.75, 3.05) is 12.4 Å². The second-order valence-electron chi connectivity index (χ2n) is 3.97. The van der Waals surface area contributed by atoms with E-state index in [9.17, 15) is 0 Å². The zero-order valence-corrected chi connectivity index (χ0v) is 10.2. The number of anilines is 1. The van der Waals surface area contributed by atoms with Gasteiger partial charge in [0.1, 0.15) is 0 Å². The maximum Gasteiger partial charge on any atom is 0.0733 e. The average Bonchev–Trinajstić information content (AvgIpc) is 2.74. The third-order valence-corrected chi connectivity index (χ3v) is 2.56. The Morgan fingerprint density at radius 3 is 2.88 bits per heavy atom. The summed E-state index contributed by atoms with van der Waals surface area (Å²) in [5.41, 5.74) is 3.44. The molecule has 0 saturated carbocycles. The highest BCUT2D eigenvalue weighted by Gasteiger charge is 2.01. The normalized spacial score (nSPS) is 10.5. The first-order valence-corrected chi connectivity index (χ1v) is 5.58. The van der Waals surface area contributed by atoms with Crippen LogP contribution in [0.25, 0.3) is 0 Å². The first-order valence-electron chi connectivity index (χ1n) is 5.58. The Morgan fingerprint density at radius 2 is 2.18 bits per heavy atom. The fraction of sp³-hybridized carbons (Fsp3) is 0.308. The van der Waals surface area contributed by atoms with E-state index in [4.69, 9.17) is 4.74 Å². The van der Waals surface area contributed by atoms with Crippen molar-refractivity contribution < 1.29 is 4.74 Å². The summed E-state index contributed by atoms with van der Waals surface area (Å²) in [6.45, 7) is 1.39. The molecule has 4 nitrogen and oxygen atoms in total. The first-order chi connectivity index (χ1) is 8.29. The Bertz CT molecular complexity index is 479. The van der Waals surface area contributed by atoms with E-state index in [0.717, 1.165) is 12.2 Å². The standard InChI is InChI=1S/C13H17N3O/c1-16-9-11(8-15-16)7-14-13-6-4-3-5-12(13)10-17-2/h3-6,8-9,14H,7,10H2,1-2H3. The number of ether oxygens (including phenoxy) is 1. The molecule has 0 aliphatic carbocycles. The third-order valence-electron chi connectivity index (χ3n) is 2.56. The summed E-state index contributed by atoms with van der Waals surface area (Å²) in [6.07, 6.45) is 3.87. The molecule has 1 heterocycles. The number of aromatic nitrogens is 2. The molecule has 2 rings (SSSR count). The van der Waals surface area contributed by atoms with Crippen LogP contribution in [0.4, 0.5) is 5.69 Å². The molecule has 4 heteroatoms. The highest BCUT2D eigenvalue weighted by atomic mass is 16.5. The van der Waals surface area contributed by atoms with Crippen LogP contribution in [0.15, 0.2) is 36.7 Å². The quantitative estimate of drug-likeness (QED) is 0.857. The number of methoxy groups -OCH3 is 1. The van der Waals surface area contributed by atoms with Crippen LogP contribution >= 0.6 is 0 Å². The third kappa shape index (κ3) is 3.07. The molecule has 0 bridgehead atoms. The topological polar surface area (TPSA) is 39.1 Å². The monoisotopic (exact) mass is 231 g/mol. The number of benzene rings is 1. The minimum atomic E-state index is 0.621. The number of aryl methyl sites for hydroxylation is 1. The fourth-order valence-corrected chi connectivity index (χ4v) is 1.73. The van der Waals surface area contributed by atoms with E-state index in [0.29, 0.717) is 6.61 Å². The number of nitrogens with zero attached hydrogens (tertiary/aromatic N) is 2. The molecule has 1 aromatic carbocycles. The summed E-state index contributed by atoms with van der Waals surface area (Å²) in [5, 5.41) is 7.53. The zero-order valence-electron chi connectivity index (χ0n) is 10.2. The van der Waals surface area contributed by atoms with E-state index >= 15 is 0 Å². The lowest BCUT2D eigenvalue weighted by molar-refractivity contribution is 0.185. The van der Waals surface area contributed by atoms with E-state index in [2.05, 4.69) is 22.5 Å². The van der Waals surface area contributed by atoms with E-state index in [1.54, 1.807) is 11.8 Å². The maximum atomic E-state index is 5.17. The Labute approximate surface area is 101 Å². The largest absolute Gasteiger partial charge is 0.381 e. The van der Waals surface area contributed by atoms with E-state index in [1.807, 2.05) is 31.6 Å². The predicted molar refractivity (Wildman–Crippen MR) is 67.7 cm³/mol. The average molecular weight is 231 g/mol. The predicted octanol–water partition coefficient (Wildman–Crippen LogP) is 2.18. The van der Waals surface area contributed by atoms with Crippen LogP contribution < -0.4 is 5.32 Å². The van der Waals surface area contributed by atoms with Crippen LogP contribution in [0.1, 0.15) is 11.1 Å². The molecule has 1 aromatic heterocycles. The van der Waals surface area contributed by atoms with Gasteiger partial charge >= 0.3 is 0 Å². The van der Waals surface area contributed by atoms with Gasteiger partial charge in [0.25, 0.3) is 0 Å². The molecule has 0 unspecified atom stereocenters. The highest BCUT2D eigenvalue weighted by molar-refractivity contribution is 5.51. The van der Waals surface area contributed by atoms with Crippen molar-refractivity contribution in [1.82, 2.24) is 9.78 Å². The molecule has 17 heavy (non-hydrogen) atoms. The minimum Gasteiger partial charge on any atom is -0.381 e. The lowest BCUT2D eigenvalue weighted by atomic mass is 10.2. The van der Waals surface area contributed by atoms with Crippen LogP contribution in [0.2, 0.25) is 0 Å². The van der Waals surface area contributed by atoms with Crippen LogP contribution in [-0.2, 0) is 24.9 Å². The summed E-state index contributed by atoms with van der Waals surface area (Å²) in [5.74, 6) is 0. The van der Waals surface area contributed by atoms with Gasteiger partial charge in [0.05, 0.1) is 12.8 Å². The molecule has 0 atom stereocenters. The SMILES string of the molecule is COCc1ccccc1NCc1cnn(C)c1. The lowest BCUT2D eigenvalue weighted by Gasteiger charge is -2.10. The van der Waals surface area contributed by atoms with Crippen molar-refractivity contribution >= 4 is 5.69 Å². The summed E-state index contributed by atoms with van der Waals surface area (Å²) >= 11 is 0. The molecule has 0 fully saturated rings. The first kappa shape index (κ1) is 11.7. The zero-order chi connectivity index (χ0) is 12.1. The second kappa shape index (κ2) is 5.50. The number of hydrogen-bond acceptors (Lipinski definition) is 3. The van der Waals surface area contributed by atoms with Gasteiger partial charge in [0, 0.05) is 43.7 Å². The molecule has 0 amide bonds. The molecule has 0 aliphatic heterocycles. The van der Waals surface area contributed by atoms with Crippen molar-refractivity contribution in [2.24, 2.45) is 7.05 Å². The Morgan fingerprint density at radius 1 is 1.35 bits per heavy atom. The van der Waals surface area contributed by atoms with E-state index in [1.165, 1.54) is 11.1 Å². The van der Waals surface area contributed by atoms with Crippen LogP contribution in [-0.4, -0.2) is 16.9 Å². The molecule has 0 saturated heterocycles. The molecular formula is C13H17N3O. The summed E-state index contributed by atoms with van der Waals surface area (Å²) in [4.78, 5) is 0. The molecule has 2 aromatic rings. The van der Waals surface area contributed by atoms with Crippen molar-refractivity contribution in [3.63, 3.8) is 0 Å². The van der Waals surface area contributed by atoms with Gasteiger partial charge in [0.2, 0.25) is 0 Å². The summed E-state index contributed by atoms with van der Waals surface area (Å²) in [7, 11) is 3.63. The van der Waals surface area contributed by atoms with Gasteiger partial charge in [0.15, 0.2) is 0 Å². The Hall–Kier alpha value is -1.81. The number of rotatable bonds is 5. The van der Waals surface area contributed by atoms with Gasteiger partial charge in [-0.2, -0.15) is 5.10 Å². The summed E-state index contributed by atoms with van der Waals surface area (Å²) in [6, 6.07) is 8.16. The molecule has 1 N–H and O–H groups in total. The molecular weight excluding hydrogens is 214 g/mol. The molecule has 0 aliphatic rings. The van der Waals surface area contributed by atoms with Crippen molar-refractivity contribution in [3.05, 3.63) is 47.8 Å². The molecule has 0 radical (unpaired) electrons. The van der Waals surface area contributed by atoms with Gasteiger partial charge in [-0.3, -0.25) is 4.68 Å². The van der Waals surface area contributed by atoms with Gasteiger partial charge in [-0.05, 0) is 6.07 Å². The van der Waals surface area contributed by atoms with Gasteiger partial charge < -0.3 is 10.1 Å². The van der Waals surface area contributed by atoms with E-state index < -0.39 is 0 Å². The molecule has 0 spiro atoms. The van der Waals surface area contributed by atoms with Gasteiger partial charge in [-0.25, -0.2) is 0 Å². The van der Waals surface area contributed by atoms with E-state index in [-0.39, 0.29) is 0 Å². The smallest absolute Gasteiger partial charge is 0.0733 e. The summed E-state index contributed by atoms with van der Waals surface area (Å²) < 4.78 is 6.97. The Kier molecular flexibility index (Phi) is 3.77. The maximum absolute atomic E-state index is 5.17. The van der Waals surface area contributed by atoms with Crippen LogP contribution in [0.5, 0.6) is 0 Å². The van der Waals surface area contributed by atoms with Crippen LogP contribution in [0.3, 0.4) is 0 Å². The minimum absolute atomic E-state index is 0.621. The van der Waals surface area contributed by atoms with Crippen molar-refractivity contribution in [2.45, 2.75) is 13.2 Å². The van der Waals surface area contributed by atoms with Crippen molar-refractivity contribution in [3.8, 4) is 0 Å². The van der Waals surface area contributed by atoms with Crippen LogP contribution in [0, 0.1) is 0 Å². The fourth-order valence-electron chi connectivity index (χ4n) is 1.73. The number of para-hydroxylation sites is 1. The Balaban J connectivity index is 2.03. The van der Waals surface area contributed by atoms with Crippen molar-refractivity contribution in [1.29, 1.82) is 0 Å². The highest BCUT2D eigenvalue weighted by Crippen LogP contribution is 2.16. The lowest BCUT2D eigenvalue weighted by Crippen LogP contribution is -2.02. The number of hydrogen-bond donors (Lipinski definition) is 1. The second-order valence-corrected chi connectivity index (χ2v) is 3.97. The van der Waals surface area contributed by atoms with Gasteiger partial charge in [-0.15, -0.1) is 0 Å².